The van der Waals surface area contributed by atoms with Gasteiger partial charge in [0, 0.05) is 49.2 Å². The number of rotatable bonds is 6. The molecule has 0 saturated heterocycles. The Hall–Kier alpha value is -3.28. The monoisotopic (exact) mass is 711 g/mol. The van der Waals surface area contributed by atoms with Crippen molar-refractivity contribution in [1.82, 2.24) is 15.0 Å². The normalized spacial score (nSPS) is 10.2. The van der Waals surface area contributed by atoms with Crippen molar-refractivity contribution in [1.29, 1.82) is 0 Å². The Morgan fingerprint density at radius 1 is 0.854 bits per heavy atom. The number of fused-ring (bicyclic) bond motifs is 2. The molecule has 0 aliphatic heterocycles. The number of nitrogens with zero attached hydrogens (tertiary/aromatic N) is 1. The molecule has 0 saturated carbocycles. The second-order valence-corrected chi connectivity index (χ2v) is 10.0. The third-order valence-corrected chi connectivity index (χ3v) is 7.24. The summed E-state index contributed by atoms with van der Waals surface area (Å²) in [6.07, 6.45) is 1.63. The number of hydrogen-bond donors (Lipinski definition) is 2. The Balaban J connectivity index is 0.000000290. The molecule has 0 fully saturated rings. The summed E-state index contributed by atoms with van der Waals surface area (Å²) in [4.78, 5) is 34.3. The summed E-state index contributed by atoms with van der Waals surface area (Å²) in [6.45, 7) is 4.20. The molecule has 0 unspecified atom stereocenters. The van der Waals surface area contributed by atoms with Crippen LogP contribution in [0.3, 0.4) is 0 Å². The Morgan fingerprint density at radius 2 is 1.39 bits per heavy atom. The standard InChI is InChI=1S/C17H15ClN2O3.C11H9ClINO2.2CH4/c1-3-23-17(21)15-14(11-5-4-8-19-16(11)22-2)12-9-10(18)6-7-13(12)20-15;1-2-16-11(15)10-9(13)7-5-6(12)3-4-8(7)14-10;;/h4-9,20H,3H2,1-2H3;3-5,14H,2H2,1H3;2*1H4. The number of benzene rings is 2. The molecule has 5 rings (SSSR count). The molecule has 41 heavy (non-hydrogen) atoms. The average Bonchev–Trinajstić information content (AvgIpc) is 3.46. The van der Waals surface area contributed by atoms with E-state index in [9.17, 15) is 9.59 Å². The van der Waals surface area contributed by atoms with E-state index in [0.29, 0.717) is 51.7 Å². The molecule has 5 aromatic rings. The number of aromatic nitrogens is 3. The van der Waals surface area contributed by atoms with Crippen molar-refractivity contribution in [2.45, 2.75) is 28.7 Å². The van der Waals surface area contributed by atoms with Crippen molar-refractivity contribution < 1.29 is 23.8 Å². The van der Waals surface area contributed by atoms with E-state index < -0.39 is 5.97 Å². The van der Waals surface area contributed by atoms with Crippen LogP contribution in [-0.2, 0) is 9.47 Å². The summed E-state index contributed by atoms with van der Waals surface area (Å²) in [7, 11) is 1.54. The summed E-state index contributed by atoms with van der Waals surface area (Å²) >= 11 is 14.1. The van der Waals surface area contributed by atoms with Gasteiger partial charge in [-0.15, -0.1) is 0 Å². The van der Waals surface area contributed by atoms with Gasteiger partial charge < -0.3 is 24.2 Å². The van der Waals surface area contributed by atoms with Crippen LogP contribution in [0, 0.1) is 3.57 Å². The number of methoxy groups -OCH3 is 1. The SMILES string of the molecule is C.C.CCOC(=O)c1[nH]c2ccc(Cl)cc2c1-c1cccnc1OC.CCOC(=O)c1[nH]c2ccc(Cl)cc2c1I. The van der Waals surface area contributed by atoms with Gasteiger partial charge in [-0.25, -0.2) is 14.6 Å². The molecular formula is C30H32Cl2IN3O5. The van der Waals surface area contributed by atoms with E-state index in [1.54, 1.807) is 44.3 Å². The molecule has 0 atom stereocenters. The number of hydrogen-bond acceptors (Lipinski definition) is 6. The maximum Gasteiger partial charge on any atom is 0.355 e. The van der Waals surface area contributed by atoms with Gasteiger partial charge >= 0.3 is 11.9 Å². The maximum atomic E-state index is 12.3. The quantitative estimate of drug-likeness (QED) is 0.135. The fraction of sp³-hybridized carbons (Fsp3) is 0.233. The fourth-order valence-electron chi connectivity index (χ4n) is 4.02. The lowest BCUT2D eigenvalue weighted by Gasteiger charge is -2.08. The highest BCUT2D eigenvalue weighted by atomic mass is 127. The molecule has 3 aromatic heterocycles. The number of esters is 2. The van der Waals surface area contributed by atoms with Gasteiger partial charge in [-0.3, -0.25) is 0 Å². The van der Waals surface area contributed by atoms with Crippen molar-refractivity contribution >= 4 is 79.5 Å². The van der Waals surface area contributed by atoms with E-state index in [0.717, 1.165) is 25.4 Å². The van der Waals surface area contributed by atoms with Crippen LogP contribution >= 0.6 is 45.8 Å². The second-order valence-electron chi connectivity index (χ2n) is 8.07. The van der Waals surface area contributed by atoms with Gasteiger partial charge in [0.2, 0.25) is 5.88 Å². The number of pyridine rings is 1. The molecule has 0 bridgehead atoms. The molecule has 2 N–H and O–H groups in total. The third-order valence-electron chi connectivity index (χ3n) is 5.65. The lowest BCUT2D eigenvalue weighted by Crippen LogP contribution is -2.06. The number of nitrogens with one attached hydrogen (secondary N) is 2. The highest BCUT2D eigenvalue weighted by Gasteiger charge is 2.23. The molecule has 0 amide bonds. The van der Waals surface area contributed by atoms with Crippen LogP contribution in [0.2, 0.25) is 10.0 Å². The minimum absolute atomic E-state index is 0. The number of carbonyl (C=O) groups is 2. The van der Waals surface area contributed by atoms with Gasteiger partial charge in [-0.2, -0.15) is 0 Å². The molecule has 0 radical (unpaired) electrons. The van der Waals surface area contributed by atoms with E-state index in [-0.39, 0.29) is 20.8 Å². The summed E-state index contributed by atoms with van der Waals surface area (Å²) in [5.74, 6) is -0.334. The Morgan fingerprint density at radius 3 is 1.98 bits per heavy atom. The molecule has 0 aliphatic rings. The first-order chi connectivity index (χ1) is 18.8. The van der Waals surface area contributed by atoms with Crippen molar-refractivity contribution in [3.63, 3.8) is 0 Å². The molecule has 2 aromatic carbocycles. The largest absolute Gasteiger partial charge is 0.481 e. The van der Waals surface area contributed by atoms with Crippen LogP contribution in [-0.4, -0.2) is 47.2 Å². The highest BCUT2D eigenvalue weighted by Crippen LogP contribution is 2.38. The average molecular weight is 712 g/mol. The molecule has 11 heteroatoms. The van der Waals surface area contributed by atoms with Crippen molar-refractivity contribution in [3.8, 4) is 17.0 Å². The van der Waals surface area contributed by atoms with E-state index >= 15 is 0 Å². The minimum Gasteiger partial charge on any atom is -0.481 e. The number of carbonyl (C=O) groups excluding carboxylic acids is 2. The van der Waals surface area contributed by atoms with Gasteiger partial charge in [0.05, 0.1) is 23.9 Å². The van der Waals surface area contributed by atoms with Gasteiger partial charge in [-0.05, 0) is 85.0 Å². The van der Waals surface area contributed by atoms with Crippen molar-refractivity contribution in [2.75, 3.05) is 20.3 Å². The van der Waals surface area contributed by atoms with Crippen LogP contribution < -0.4 is 4.74 Å². The zero-order valence-electron chi connectivity index (χ0n) is 21.2. The molecule has 8 nitrogen and oxygen atoms in total. The van der Waals surface area contributed by atoms with Crippen LogP contribution in [0.1, 0.15) is 49.7 Å². The first-order valence-corrected chi connectivity index (χ1v) is 13.7. The predicted octanol–water partition coefficient (Wildman–Crippen LogP) is 8.94. The topological polar surface area (TPSA) is 106 Å². The summed E-state index contributed by atoms with van der Waals surface area (Å²) < 4.78 is 16.3. The number of H-pyrrole nitrogens is 2. The Kier molecular flexibility index (Phi) is 12.5. The molecule has 3 heterocycles. The number of ether oxygens (including phenoxy) is 3. The van der Waals surface area contributed by atoms with Gasteiger partial charge in [0.1, 0.15) is 11.4 Å². The highest BCUT2D eigenvalue weighted by molar-refractivity contribution is 14.1. The van der Waals surface area contributed by atoms with E-state index in [1.165, 1.54) is 7.11 Å². The lowest BCUT2D eigenvalue weighted by atomic mass is 10.0. The van der Waals surface area contributed by atoms with E-state index in [1.807, 2.05) is 24.3 Å². The van der Waals surface area contributed by atoms with E-state index in [4.69, 9.17) is 37.4 Å². The van der Waals surface area contributed by atoms with Crippen LogP contribution in [0.15, 0.2) is 54.7 Å². The van der Waals surface area contributed by atoms with Gasteiger partial charge in [0.25, 0.3) is 0 Å². The predicted molar refractivity (Wildman–Crippen MR) is 174 cm³/mol. The van der Waals surface area contributed by atoms with Crippen molar-refractivity contribution in [3.05, 3.63) is 79.7 Å². The lowest BCUT2D eigenvalue weighted by molar-refractivity contribution is 0.0511. The van der Waals surface area contributed by atoms with Crippen LogP contribution in [0.25, 0.3) is 32.9 Å². The third kappa shape index (κ3) is 7.33. The van der Waals surface area contributed by atoms with Crippen molar-refractivity contribution in [2.24, 2.45) is 0 Å². The van der Waals surface area contributed by atoms with Gasteiger partial charge in [-0.1, -0.05) is 38.1 Å². The first-order valence-electron chi connectivity index (χ1n) is 11.9. The Labute approximate surface area is 262 Å². The number of aromatic amines is 2. The van der Waals surface area contributed by atoms with E-state index in [2.05, 4.69) is 37.5 Å². The fourth-order valence-corrected chi connectivity index (χ4v) is 5.16. The smallest absolute Gasteiger partial charge is 0.355 e. The number of halogens is 3. The molecule has 0 aliphatic carbocycles. The second kappa shape index (κ2) is 15.1. The molecular weight excluding hydrogens is 680 g/mol. The zero-order chi connectivity index (χ0) is 28.1. The van der Waals surface area contributed by atoms with Crippen LogP contribution in [0.4, 0.5) is 0 Å². The molecule has 0 spiro atoms. The zero-order valence-corrected chi connectivity index (χ0v) is 24.9. The molecule has 218 valence electrons. The summed E-state index contributed by atoms with van der Waals surface area (Å²) in [5.41, 5.74) is 3.89. The summed E-state index contributed by atoms with van der Waals surface area (Å²) in [5, 5.41) is 2.99. The first kappa shape index (κ1) is 33.9. The Bertz CT molecular complexity index is 1670. The maximum absolute atomic E-state index is 12.3. The van der Waals surface area contributed by atoms with Gasteiger partial charge in [0.15, 0.2) is 0 Å². The minimum atomic E-state index is -0.430. The van der Waals surface area contributed by atoms with Crippen LogP contribution in [0.5, 0.6) is 5.88 Å². The summed E-state index contributed by atoms with van der Waals surface area (Å²) in [6, 6.07) is 14.5.